The number of methoxy groups -OCH3 is 2. The molecular weight excluding hydrogens is 439 g/mol. The van der Waals surface area contributed by atoms with Gasteiger partial charge >= 0.3 is 0 Å². The molecule has 0 atom stereocenters. The van der Waals surface area contributed by atoms with E-state index in [1.54, 1.807) is 31.4 Å². The van der Waals surface area contributed by atoms with E-state index in [1.165, 1.54) is 43.4 Å². The van der Waals surface area contributed by atoms with Crippen LogP contribution in [0.25, 0.3) is 10.9 Å². The van der Waals surface area contributed by atoms with Crippen LogP contribution in [0.2, 0.25) is 0 Å². The molecule has 2 aromatic carbocycles. The van der Waals surface area contributed by atoms with Gasteiger partial charge in [0.05, 0.1) is 31.6 Å². The zero-order valence-electron chi connectivity index (χ0n) is 17.4. The van der Waals surface area contributed by atoms with Crippen molar-refractivity contribution in [3.63, 3.8) is 0 Å². The number of aryl methyl sites for hydroxylation is 1. The Kier molecular flexibility index (Phi) is 5.57. The van der Waals surface area contributed by atoms with Gasteiger partial charge in [-0.3, -0.25) is 14.4 Å². The van der Waals surface area contributed by atoms with Crippen molar-refractivity contribution in [3.05, 3.63) is 60.8 Å². The summed E-state index contributed by atoms with van der Waals surface area (Å²) in [6.07, 6.45) is 4.04. The predicted molar refractivity (Wildman–Crippen MR) is 115 cm³/mol. The number of nitrogens with one attached hydrogen (secondary N) is 1. The summed E-state index contributed by atoms with van der Waals surface area (Å²) in [7, 11) is 0.645. The van der Waals surface area contributed by atoms with Crippen LogP contribution in [-0.2, 0) is 17.1 Å². The molecule has 2 heterocycles. The van der Waals surface area contributed by atoms with Gasteiger partial charge in [-0.1, -0.05) is 0 Å². The minimum Gasteiger partial charge on any atom is -0.493 e. The Morgan fingerprint density at radius 3 is 2.44 bits per heavy atom. The number of nitrogens with zero attached hydrogens (tertiary/aromatic N) is 3. The van der Waals surface area contributed by atoms with Crippen molar-refractivity contribution in [2.24, 2.45) is 7.05 Å². The maximum Gasteiger partial charge on any atom is 0.265 e. The number of hydrogen-bond acceptors (Lipinski definition) is 7. The third kappa shape index (κ3) is 4.14. The highest BCUT2D eigenvalue weighted by atomic mass is 32.2. The van der Waals surface area contributed by atoms with E-state index in [0.717, 1.165) is 6.07 Å². The number of rotatable bonds is 7. The van der Waals surface area contributed by atoms with Crippen molar-refractivity contribution in [1.82, 2.24) is 14.8 Å². The minimum atomic E-state index is -3.98. The summed E-state index contributed by atoms with van der Waals surface area (Å²) < 4.78 is 59.5. The maximum absolute atomic E-state index is 14.7. The van der Waals surface area contributed by atoms with Gasteiger partial charge in [0.2, 0.25) is 0 Å². The lowest BCUT2D eigenvalue weighted by atomic mass is 10.2. The quantitative estimate of drug-likeness (QED) is 0.450. The van der Waals surface area contributed by atoms with E-state index in [4.69, 9.17) is 14.2 Å². The van der Waals surface area contributed by atoms with Crippen LogP contribution < -0.4 is 18.9 Å². The number of sulfonamides is 1. The predicted octanol–water partition coefficient (Wildman–Crippen LogP) is 3.72. The molecule has 0 spiro atoms. The first-order chi connectivity index (χ1) is 15.3. The van der Waals surface area contributed by atoms with Crippen LogP contribution in [0.1, 0.15) is 0 Å². The first-order valence-corrected chi connectivity index (χ1v) is 10.8. The zero-order chi connectivity index (χ0) is 22.9. The molecule has 0 amide bonds. The lowest BCUT2D eigenvalue weighted by molar-refractivity contribution is 0.355. The molecule has 0 bridgehead atoms. The van der Waals surface area contributed by atoms with Crippen molar-refractivity contribution in [2.75, 3.05) is 18.9 Å². The first kappa shape index (κ1) is 21.4. The number of hydrogen-bond donors (Lipinski definition) is 1. The van der Waals surface area contributed by atoms with Gasteiger partial charge in [0.25, 0.3) is 10.0 Å². The standard InChI is InChI=1S/C21H19FN4O5S/c1-26-12-14(11-24-26)32(27,28)25-17-5-4-13(8-16(17)22)31-19-6-7-23-18-10-21(30-3)20(29-2)9-15(18)19/h4-12,25H,1-3H3. The lowest BCUT2D eigenvalue weighted by Gasteiger charge is -2.13. The Balaban J connectivity index is 1.62. The number of pyridine rings is 1. The van der Waals surface area contributed by atoms with Crippen LogP contribution >= 0.6 is 0 Å². The second kappa shape index (κ2) is 8.35. The van der Waals surface area contributed by atoms with Crippen molar-refractivity contribution < 1.29 is 27.0 Å². The Labute approximate surface area is 183 Å². The van der Waals surface area contributed by atoms with E-state index in [2.05, 4.69) is 14.8 Å². The summed E-state index contributed by atoms with van der Waals surface area (Å²) in [6.45, 7) is 0. The molecule has 1 N–H and O–H groups in total. The Hall–Kier alpha value is -3.86. The number of anilines is 1. The SMILES string of the molecule is COc1cc2nccc(Oc3ccc(NS(=O)(=O)c4cnn(C)c4)c(F)c3)c2cc1OC. The van der Waals surface area contributed by atoms with E-state index in [0.29, 0.717) is 28.2 Å². The number of benzene rings is 2. The number of ether oxygens (including phenoxy) is 3. The normalized spacial score (nSPS) is 11.4. The summed E-state index contributed by atoms with van der Waals surface area (Å²) in [5, 5.41) is 4.45. The molecule has 0 fully saturated rings. The molecule has 0 aliphatic rings. The molecule has 166 valence electrons. The monoisotopic (exact) mass is 458 g/mol. The molecule has 0 radical (unpaired) electrons. The largest absolute Gasteiger partial charge is 0.493 e. The Bertz CT molecular complexity index is 1400. The maximum atomic E-state index is 14.7. The molecule has 0 saturated carbocycles. The van der Waals surface area contributed by atoms with Gasteiger partial charge in [0.1, 0.15) is 16.4 Å². The van der Waals surface area contributed by atoms with E-state index in [9.17, 15) is 12.8 Å². The highest BCUT2D eigenvalue weighted by Gasteiger charge is 2.19. The Morgan fingerprint density at radius 1 is 1.03 bits per heavy atom. The number of fused-ring (bicyclic) bond motifs is 1. The number of aromatic nitrogens is 3. The van der Waals surface area contributed by atoms with Crippen LogP contribution in [0.15, 0.2) is 59.9 Å². The van der Waals surface area contributed by atoms with Gasteiger partial charge in [-0.05, 0) is 24.3 Å². The summed E-state index contributed by atoms with van der Waals surface area (Å²) in [5.41, 5.74) is 0.383. The summed E-state index contributed by atoms with van der Waals surface area (Å²) in [6, 6.07) is 8.88. The molecule has 0 aliphatic heterocycles. The van der Waals surface area contributed by atoms with Crippen molar-refractivity contribution in [2.45, 2.75) is 4.90 Å². The van der Waals surface area contributed by atoms with Crippen LogP contribution in [0, 0.1) is 5.82 Å². The van der Waals surface area contributed by atoms with E-state index >= 15 is 0 Å². The highest BCUT2D eigenvalue weighted by molar-refractivity contribution is 7.92. The van der Waals surface area contributed by atoms with Crippen LogP contribution in [0.4, 0.5) is 10.1 Å². The van der Waals surface area contributed by atoms with E-state index in [-0.39, 0.29) is 16.3 Å². The fourth-order valence-electron chi connectivity index (χ4n) is 3.05. The Morgan fingerprint density at radius 2 is 1.78 bits per heavy atom. The summed E-state index contributed by atoms with van der Waals surface area (Å²) in [5.74, 6) is 0.797. The zero-order valence-corrected chi connectivity index (χ0v) is 18.2. The second-order valence-corrected chi connectivity index (χ2v) is 8.41. The van der Waals surface area contributed by atoms with Crippen molar-refractivity contribution in [1.29, 1.82) is 0 Å². The van der Waals surface area contributed by atoms with Gasteiger partial charge < -0.3 is 14.2 Å². The molecule has 11 heteroatoms. The van der Waals surface area contributed by atoms with Gasteiger partial charge in [0, 0.05) is 37.0 Å². The third-order valence-electron chi connectivity index (χ3n) is 4.61. The second-order valence-electron chi connectivity index (χ2n) is 6.73. The molecule has 0 unspecified atom stereocenters. The number of halogens is 1. The summed E-state index contributed by atoms with van der Waals surface area (Å²) >= 11 is 0. The van der Waals surface area contributed by atoms with Gasteiger partial charge in [-0.15, -0.1) is 0 Å². The molecule has 0 aliphatic carbocycles. The highest BCUT2D eigenvalue weighted by Crippen LogP contribution is 2.37. The van der Waals surface area contributed by atoms with Gasteiger partial charge in [0.15, 0.2) is 17.3 Å². The molecule has 0 saturated heterocycles. The fourth-order valence-corrected chi connectivity index (χ4v) is 4.10. The minimum absolute atomic E-state index is 0.0765. The van der Waals surface area contributed by atoms with Crippen LogP contribution in [0.3, 0.4) is 0 Å². The molecule has 4 rings (SSSR count). The molecule has 9 nitrogen and oxygen atoms in total. The average molecular weight is 458 g/mol. The molecular formula is C21H19FN4O5S. The van der Waals surface area contributed by atoms with E-state index in [1.807, 2.05) is 0 Å². The van der Waals surface area contributed by atoms with Crippen LogP contribution in [-0.4, -0.2) is 37.4 Å². The topological polar surface area (TPSA) is 105 Å². The summed E-state index contributed by atoms with van der Waals surface area (Å²) in [4.78, 5) is 4.22. The van der Waals surface area contributed by atoms with Crippen molar-refractivity contribution >= 4 is 26.6 Å². The van der Waals surface area contributed by atoms with Crippen molar-refractivity contribution in [3.8, 4) is 23.0 Å². The van der Waals surface area contributed by atoms with Gasteiger partial charge in [-0.25, -0.2) is 12.8 Å². The average Bonchev–Trinajstić information content (AvgIpc) is 3.22. The smallest absolute Gasteiger partial charge is 0.265 e. The molecule has 4 aromatic rings. The first-order valence-electron chi connectivity index (χ1n) is 9.30. The van der Waals surface area contributed by atoms with Gasteiger partial charge in [-0.2, -0.15) is 5.10 Å². The lowest BCUT2D eigenvalue weighted by Crippen LogP contribution is -2.13. The molecule has 32 heavy (non-hydrogen) atoms. The molecule has 2 aromatic heterocycles. The fraction of sp³-hybridized carbons (Fsp3) is 0.143. The van der Waals surface area contributed by atoms with Crippen LogP contribution in [0.5, 0.6) is 23.0 Å². The van der Waals surface area contributed by atoms with E-state index < -0.39 is 15.8 Å². The third-order valence-corrected chi connectivity index (χ3v) is 5.93.